The zero-order chi connectivity index (χ0) is 15.4. The van der Waals surface area contributed by atoms with E-state index in [4.69, 9.17) is 9.26 Å². The quantitative estimate of drug-likeness (QED) is 0.864. The second-order valence-electron chi connectivity index (χ2n) is 5.56. The monoisotopic (exact) mass is 300 g/mol. The highest BCUT2D eigenvalue weighted by atomic mass is 16.5. The largest absolute Gasteiger partial charge is 0.367 e. The van der Waals surface area contributed by atoms with Crippen molar-refractivity contribution in [2.24, 2.45) is 0 Å². The average Bonchev–Trinajstić information content (AvgIpc) is 3.03. The van der Waals surface area contributed by atoms with Gasteiger partial charge in [0.2, 0.25) is 5.82 Å². The lowest BCUT2D eigenvalue weighted by atomic mass is 10.2. The van der Waals surface area contributed by atoms with Gasteiger partial charge in [0, 0.05) is 37.6 Å². The summed E-state index contributed by atoms with van der Waals surface area (Å²) in [6.07, 6.45) is 7.07. The van der Waals surface area contributed by atoms with E-state index in [1.54, 1.807) is 18.5 Å². The van der Waals surface area contributed by atoms with Crippen LogP contribution in [-0.4, -0.2) is 45.8 Å². The van der Waals surface area contributed by atoms with Crippen LogP contribution >= 0.6 is 0 Å². The van der Waals surface area contributed by atoms with Crippen LogP contribution in [0.1, 0.15) is 37.2 Å². The first-order chi connectivity index (χ1) is 10.7. The third-order valence-corrected chi connectivity index (χ3v) is 3.68. The summed E-state index contributed by atoms with van der Waals surface area (Å²) in [5.74, 6) is 1.08. The van der Waals surface area contributed by atoms with Gasteiger partial charge in [0.1, 0.15) is 6.10 Å². The molecular weight excluding hydrogens is 280 g/mol. The molecule has 116 valence electrons. The van der Waals surface area contributed by atoms with Gasteiger partial charge < -0.3 is 9.26 Å². The van der Waals surface area contributed by atoms with Gasteiger partial charge >= 0.3 is 0 Å². The average molecular weight is 300 g/mol. The minimum Gasteiger partial charge on any atom is -0.367 e. The molecule has 1 aliphatic heterocycles. The Bertz CT molecular complexity index is 624. The molecule has 0 N–H and O–H groups in total. The lowest BCUT2D eigenvalue weighted by molar-refractivity contribution is -0.0450. The number of morpholine rings is 1. The van der Waals surface area contributed by atoms with Gasteiger partial charge in [0.15, 0.2) is 0 Å². The molecular formula is C16H20N4O2. The van der Waals surface area contributed by atoms with Crippen LogP contribution in [0.5, 0.6) is 0 Å². The Labute approximate surface area is 129 Å². The number of aromatic nitrogens is 3. The number of ether oxygens (including phenoxy) is 1. The SMILES string of the molecule is CC(C)N1CCOC(c2noc(C=Cc3cccnc3)n2)C1. The molecule has 1 fully saturated rings. The van der Waals surface area contributed by atoms with Crippen LogP contribution in [0.3, 0.4) is 0 Å². The van der Waals surface area contributed by atoms with Gasteiger partial charge in [0.05, 0.1) is 6.61 Å². The molecule has 0 aliphatic carbocycles. The minimum absolute atomic E-state index is 0.125. The van der Waals surface area contributed by atoms with Crippen molar-refractivity contribution in [3.63, 3.8) is 0 Å². The molecule has 2 aromatic rings. The molecule has 6 heteroatoms. The number of pyridine rings is 1. The molecule has 3 rings (SSSR count). The summed E-state index contributed by atoms with van der Waals surface area (Å²) in [4.78, 5) is 10.8. The van der Waals surface area contributed by atoms with E-state index in [0.717, 1.165) is 18.7 Å². The Morgan fingerprint density at radius 1 is 1.36 bits per heavy atom. The second kappa shape index (κ2) is 6.81. The molecule has 6 nitrogen and oxygen atoms in total. The number of nitrogens with zero attached hydrogens (tertiary/aromatic N) is 4. The van der Waals surface area contributed by atoms with Crippen LogP contribution in [0.25, 0.3) is 12.2 Å². The summed E-state index contributed by atoms with van der Waals surface area (Å²) >= 11 is 0. The van der Waals surface area contributed by atoms with Gasteiger partial charge in [-0.15, -0.1) is 0 Å². The predicted molar refractivity (Wildman–Crippen MR) is 82.9 cm³/mol. The van der Waals surface area contributed by atoms with Gasteiger partial charge in [-0.25, -0.2) is 0 Å². The summed E-state index contributed by atoms with van der Waals surface area (Å²) in [7, 11) is 0. The van der Waals surface area contributed by atoms with Crippen molar-refractivity contribution in [2.75, 3.05) is 19.7 Å². The lowest BCUT2D eigenvalue weighted by Crippen LogP contribution is -2.42. The van der Waals surface area contributed by atoms with Gasteiger partial charge in [-0.1, -0.05) is 11.2 Å². The molecule has 0 amide bonds. The van der Waals surface area contributed by atoms with E-state index >= 15 is 0 Å². The number of hydrogen-bond acceptors (Lipinski definition) is 6. The highest BCUT2D eigenvalue weighted by Gasteiger charge is 2.27. The van der Waals surface area contributed by atoms with Crippen molar-refractivity contribution in [2.45, 2.75) is 26.0 Å². The fourth-order valence-electron chi connectivity index (χ4n) is 2.38. The van der Waals surface area contributed by atoms with E-state index in [9.17, 15) is 0 Å². The Kier molecular flexibility index (Phi) is 4.60. The first-order valence-electron chi connectivity index (χ1n) is 7.50. The van der Waals surface area contributed by atoms with Gasteiger partial charge in [-0.2, -0.15) is 4.98 Å². The second-order valence-corrected chi connectivity index (χ2v) is 5.56. The molecule has 1 atom stereocenters. The van der Waals surface area contributed by atoms with Crippen molar-refractivity contribution in [3.05, 3.63) is 41.8 Å². The van der Waals surface area contributed by atoms with Crippen molar-refractivity contribution in [1.29, 1.82) is 0 Å². The molecule has 0 bridgehead atoms. The van der Waals surface area contributed by atoms with Crippen LogP contribution < -0.4 is 0 Å². The third kappa shape index (κ3) is 3.58. The van der Waals surface area contributed by atoms with Crippen LogP contribution in [0.15, 0.2) is 29.0 Å². The number of rotatable bonds is 4. The van der Waals surface area contributed by atoms with Crippen molar-refractivity contribution < 1.29 is 9.26 Å². The summed E-state index contributed by atoms with van der Waals surface area (Å²) in [6.45, 7) is 6.79. The summed E-state index contributed by atoms with van der Waals surface area (Å²) in [6, 6.07) is 4.34. The molecule has 0 spiro atoms. The van der Waals surface area contributed by atoms with Gasteiger partial charge in [0.25, 0.3) is 5.89 Å². The van der Waals surface area contributed by atoms with E-state index in [1.807, 2.05) is 18.2 Å². The van der Waals surface area contributed by atoms with E-state index < -0.39 is 0 Å². The van der Waals surface area contributed by atoms with Gasteiger partial charge in [-0.3, -0.25) is 9.88 Å². The Hall–Kier alpha value is -2.05. The van der Waals surface area contributed by atoms with Crippen molar-refractivity contribution >= 4 is 12.2 Å². The fourth-order valence-corrected chi connectivity index (χ4v) is 2.38. The van der Waals surface area contributed by atoms with Crippen LogP contribution in [0.4, 0.5) is 0 Å². The highest BCUT2D eigenvalue weighted by molar-refractivity contribution is 5.65. The smallest absolute Gasteiger partial charge is 0.250 e. The lowest BCUT2D eigenvalue weighted by Gasteiger charge is -2.34. The topological polar surface area (TPSA) is 64.3 Å². The molecule has 1 unspecified atom stereocenters. The van der Waals surface area contributed by atoms with Crippen LogP contribution in [0, 0.1) is 0 Å². The molecule has 22 heavy (non-hydrogen) atoms. The predicted octanol–water partition coefficient (Wildman–Crippen LogP) is 2.42. The summed E-state index contributed by atoms with van der Waals surface area (Å²) in [5.41, 5.74) is 0.988. The van der Waals surface area contributed by atoms with Crippen molar-refractivity contribution in [1.82, 2.24) is 20.0 Å². The summed E-state index contributed by atoms with van der Waals surface area (Å²) < 4.78 is 11.0. The first-order valence-corrected chi connectivity index (χ1v) is 7.50. The minimum atomic E-state index is -0.125. The van der Waals surface area contributed by atoms with E-state index in [-0.39, 0.29) is 6.10 Å². The Morgan fingerprint density at radius 2 is 2.27 bits per heavy atom. The molecule has 1 aliphatic rings. The zero-order valence-electron chi connectivity index (χ0n) is 12.8. The molecule has 0 aromatic carbocycles. The number of hydrogen-bond donors (Lipinski definition) is 0. The van der Waals surface area contributed by atoms with E-state index in [2.05, 4.69) is 33.9 Å². The van der Waals surface area contributed by atoms with E-state index in [1.165, 1.54) is 0 Å². The maximum atomic E-state index is 5.76. The fraction of sp³-hybridized carbons (Fsp3) is 0.438. The first kappa shape index (κ1) is 14.9. The zero-order valence-corrected chi connectivity index (χ0v) is 12.8. The standard InChI is InChI=1S/C16H20N4O2/c1-12(2)20-8-9-21-14(11-20)16-18-15(22-19-16)6-5-13-4-3-7-17-10-13/h3-7,10,12,14H,8-9,11H2,1-2H3. The Balaban J connectivity index is 1.67. The highest BCUT2D eigenvalue weighted by Crippen LogP contribution is 2.21. The molecule has 0 radical (unpaired) electrons. The maximum Gasteiger partial charge on any atom is 0.250 e. The van der Waals surface area contributed by atoms with Crippen molar-refractivity contribution in [3.8, 4) is 0 Å². The normalized spacial score (nSPS) is 20.0. The van der Waals surface area contributed by atoms with E-state index in [0.29, 0.717) is 24.4 Å². The Morgan fingerprint density at radius 3 is 3.05 bits per heavy atom. The molecule has 0 saturated carbocycles. The summed E-state index contributed by atoms with van der Waals surface area (Å²) in [5, 5.41) is 4.04. The van der Waals surface area contributed by atoms with Crippen LogP contribution in [-0.2, 0) is 4.74 Å². The van der Waals surface area contributed by atoms with Crippen LogP contribution in [0.2, 0.25) is 0 Å². The molecule has 3 heterocycles. The molecule has 2 aromatic heterocycles. The third-order valence-electron chi connectivity index (χ3n) is 3.68. The van der Waals surface area contributed by atoms with Gasteiger partial charge in [-0.05, 0) is 31.6 Å². The molecule has 1 saturated heterocycles. The maximum absolute atomic E-state index is 5.76.